The maximum Gasteiger partial charge on any atom is 0.469 e. The Morgan fingerprint density at radius 2 is 1.56 bits per heavy atom. The zero-order valence-corrected chi connectivity index (χ0v) is 8.93. The van der Waals surface area contributed by atoms with Crippen molar-refractivity contribution in [1.29, 1.82) is 0 Å². The van der Waals surface area contributed by atoms with E-state index in [1.807, 2.05) is 0 Å². The first-order valence-corrected chi connectivity index (χ1v) is 5.37. The molecule has 0 bridgehead atoms. The number of carbonyl (C=O) groups is 2. The van der Waals surface area contributed by atoms with E-state index in [0.29, 0.717) is 0 Å². The summed E-state index contributed by atoms with van der Waals surface area (Å²) in [7, 11) is -4.55. The molecule has 0 aliphatic rings. The summed E-state index contributed by atoms with van der Waals surface area (Å²) < 4.78 is 13.7. The molecule has 0 spiro atoms. The Hall–Kier alpha value is -0.670. The van der Waals surface area contributed by atoms with Crippen LogP contribution in [-0.4, -0.2) is 63.1 Å². The maximum atomic E-state index is 9.90. The molecular formula is C6H13O9P. The first kappa shape index (κ1) is 17.7. The number of hydrogen-bond acceptors (Lipinski definition) is 7. The number of phosphoric ester groups is 1. The normalized spacial score (nSPS) is 14.3. The van der Waals surface area contributed by atoms with Crippen LogP contribution in [0.2, 0.25) is 0 Å². The average Bonchev–Trinajstić information content (AvgIpc) is 2.24. The van der Waals surface area contributed by atoms with Crippen LogP contribution in [0.15, 0.2) is 0 Å². The number of rotatable bonds is 6. The first-order chi connectivity index (χ1) is 7.26. The Morgan fingerprint density at radius 3 is 1.75 bits per heavy atom. The van der Waals surface area contributed by atoms with Crippen LogP contribution in [0.4, 0.5) is 0 Å². The molecule has 0 aliphatic heterocycles. The van der Waals surface area contributed by atoms with Gasteiger partial charge in [-0.05, 0) is 0 Å². The van der Waals surface area contributed by atoms with Crippen molar-refractivity contribution in [3.8, 4) is 0 Å². The van der Waals surface area contributed by atoms with E-state index in [0.717, 1.165) is 0 Å². The molecule has 0 aromatic carbocycles. The summed E-state index contributed by atoms with van der Waals surface area (Å²) in [4.78, 5) is 35.0. The molecule has 2 unspecified atom stereocenters. The van der Waals surface area contributed by atoms with Gasteiger partial charge in [-0.1, -0.05) is 0 Å². The Bertz CT molecular complexity index is 236. The van der Waals surface area contributed by atoms with Crippen molar-refractivity contribution in [3.05, 3.63) is 0 Å². The summed E-state index contributed by atoms with van der Waals surface area (Å²) in [5, 5.41) is 24.3. The number of carbonyl (C=O) groups excluding carboxylic acids is 2. The lowest BCUT2D eigenvalue weighted by Crippen LogP contribution is -2.15. The van der Waals surface area contributed by atoms with Gasteiger partial charge in [0.15, 0.2) is 12.6 Å². The number of hydrogen-bond donors (Lipinski definition) is 5. The average molecular weight is 260 g/mol. The Balaban J connectivity index is 0. The van der Waals surface area contributed by atoms with Crippen LogP contribution < -0.4 is 0 Å². The van der Waals surface area contributed by atoms with Crippen LogP contribution in [-0.2, 0) is 18.7 Å². The van der Waals surface area contributed by atoms with Gasteiger partial charge in [-0.3, -0.25) is 4.52 Å². The van der Waals surface area contributed by atoms with Crippen molar-refractivity contribution in [3.63, 3.8) is 0 Å². The summed E-state index contributed by atoms with van der Waals surface area (Å²) in [5.74, 6) is 0. The fraction of sp³-hybridized carbons (Fsp3) is 0.667. The molecule has 16 heavy (non-hydrogen) atoms. The van der Waals surface area contributed by atoms with Gasteiger partial charge >= 0.3 is 7.82 Å². The number of aliphatic hydroxyl groups excluding tert-OH is 3. The summed E-state index contributed by atoms with van der Waals surface area (Å²) >= 11 is 0. The minimum Gasteiger partial charge on any atom is -0.393 e. The van der Waals surface area contributed by atoms with Crippen molar-refractivity contribution < 1.29 is 43.8 Å². The van der Waals surface area contributed by atoms with E-state index in [1.54, 1.807) is 0 Å². The summed E-state index contributed by atoms with van der Waals surface area (Å²) in [6, 6.07) is 0. The molecule has 0 amide bonds. The molecule has 10 heteroatoms. The fourth-order valence-electron chi connectivity index (χ4n) is 0.256. The highest BCUT2D eigenvalue weighted by Gasteiger charge is 2.15. The van der Waals surface area contributed by atoms with Crippen LogP contribution in [0.3, 0.4) is 0 Å². The predicted octanol–water partition coefficient (Wildman–Crippen LogP) is -2.81. The summed E-state index contributed by atoms with van der Waals surface area (Å²) in [6.07, 6.45) is -2.27. The molecule has 0 saturated heterocycles. The quantitative estimate of drug-likeness (QED) is 0.250. The van der Waals surface area contributed by atoms with E-state index < -0.39 is 33.2 Å². The Kier molecular flexibility index (Phi) is 10.6. The lowest BCUT2D eigenvalue weighted by atomic mass is 10.4. The van der Waals surface area contributed by atoms with Gasteiger partial charge in [-0.2, -0.15) is 0 Å². The van der Waals surface area contributed by atoms with E-state index in [9.17, 15) is 14.2 Å². The van der Waals surface area contributed by atoms with Crippen molar-refractivity contribution in [2.75, 3.05) is 13.2 Å². The molecule has 96 valence electrons. The van der Waals surface area contributed by atoms with Gasteiger partial charge in [-0.15, -0.1) is 0 Å². The SMILES string of the molecule is O=CC(O)CO.O=CC(O)COP(=O)(O)O. The van der Waals surface area contributed by atoms with Gasteiger partial charge in [0, 0.05) is 0 Å². The molecule has 0 heterocycles. The number of aldehydes is 2. The highest BCUT2D eigenvalue weighted by molar-refractivity contribution is 7.46. The van der Waals surface area contributed by atoms with Crippen molar-refractivity contribution >= 4 is 20.4 Å². The van der Waals surface area contributed by atoms with Crippen LogP contribution in [0.25, 0.3) is 0 Å². The second kappa shape index (κ2) is 9.55. The number of phosphoric acid groups is 1. The standard InChI is InChI=1S/C3H7O6P.C3H6O3/c4-1-3(5)2-9-10(6,7)8;4-1-3(6)2-5/h1,3,5H,2H2,(H2,6,7,8);1,3,5-6H,2H2. The van der Waals surface area contributed by atoms with Gasteiger partial charge in [0.25, 0.3) is 0 Å². The Labute approximate surface area is 90.5 Å². The molecule has 0 aromatic rings. The minimum absolute atomic E-state index is 0.121. The smallest absolute Gasteiger partial charge is 0.393 e. The maximum absolute atomic E-state index is 9.90. The largest absolute Gasteiger partial charge is 0.469 e. The lowest BCUT2D eigenvalue weighted by Gasteiger charge is -2.04. The van der Waals surface area contributed by atoms with Gasteiger partial charge < -0.3 is 34.7 Å². The summed E-state index contributed by atoms with van der Waals surface area (Å²) in [6.45, 7) is -1.17. The topological polar surface area (TPSA) is 162 Å². The van der Waals surface area contributed by atoms with Gasteiger partial charge in [-0.25, -0.2) is 4.57 Å². The third-order valence-electron chi connectivity index (χ3n) is 0.915. The van der Waals surface area contributed by atoms with Crippen LogP contribution in [0.1, 0.15) is 0 Å². The van der Waals surface area contributed by atoms with Crippen molar-refractivity contribution in [2.45, 2.75) is 12.2 Å². The predicted molar refractivity (Wildman–Crippen MR) is 49.2 cm³/mol. The molecule has 0 fully saturated rings. The second-order valence-electron chi connectivity index (χ2n) is 2.38. The van der Waals surface area contributed by atoms with E-state index in [4.69, 9.17) is 25.1 Å². The fourth-order valence-corrected chi connectivity index (χ4v) is 0.603. The third-order valence-corrected chi connectivity index (χ3v) is 1.40. The lowest BCUT2D eigenvalue weighted by molar-refractivity contribution is -0.117. The van der Waals surface area contributed by atoms with E-state index in [1.165, 1.54) is 0 Å². The molecule has 9 nitrogen and oxygen atoms in total. The molecule has 0 saturated carbocycles. The van der Waals surface area contributed by atoms with Gasteiger partial charge in [0.05, 0.1) is 13.2 Å². The third kappa shape index (κ3) is 15.8. The molecule has 0 rings (SSSR count). The van der Waals surface area contributed by atoms with Crippen LogP contribution >= 0.6 is 7.82 Å². The molecule has 0 aromatic heterocycles. The monoisotopic (exact) mass is 260 g/mol. The van der Waals surface area contributed by atoms with E-state index in [-0.39, 0.29) is 12.6 Å². The minimum atomic E-state index is -4.55. The zero-order valence-electron chi connectivity index (χ0n) is 8.04. The highest BCUT2D eigenvalue weighted by atomic mass is 31.2. The van der Waals surface area contributed by atoms with Crippen molar-refractivity contribution in [2.24, 2.45) is 0 Å². The molecule has 0 aliphatic carbocycles. The molecular weight excluding hydrogens is 247 g/mol. The van der Waals surface area contributed by atoms with E-state index in [2.05, 4.69) is 4.52 Å². The highest BCUT2D eigenvalue weighted by Crippen LogP contribution is 2.35. The molecule has 0 radical (unpaired) electrons. The van der Waals surface area contributed by atoms with E-state index >= 15 is 0 Å². The van der Waals surface area contributed by atoms with Crippen LogP contribution in [0, 0.1) is 0 Å². The zero-order chi connectivity index (χ0) is 13.2. The van der Waals surface area contributed by atoms with Gasteiger partial charge in [0.1, 0.15) is 12.2 Å². The first-order valence-electron chi connectivity index (χ1n) is 3.84. The van der Waals surface area contributed by atoms with Crippen LogP contribution in [0.5, 0.6) is 0 Å². The molecule has 2 atom stereocenters. The summed E-state index contributed by atoms with van der Waals surface area (Å²) in [5.41, 5.74) is 0. The second-order valence-corrected chi connectivity index (χ2v) is 3.62. The number of aliphatic hydroxyl groups is 3. The Morgan fingerprint density at radius 1 is 1.12 bits per heavy atom. The van der Waals surface area contributed by atoms with Gasteiger partial charge in [0.2, 0.25) is 0 Å². The molecule has 5 N–H and O–H groups in total. The van der Waals surface area contributed by atoms with Crippen molar-refractivity contribution in [1.82, 2.24) is 0 Å².